The average molecular weight is 301 g/mol. The first kappa shape index (κ1) is 13.9. The van der Waals surface area contributed by atoms with Gasteiger partial charge in [0.15, 0.2) is 0 Å². The molecule has 5 nitrogen and oxygen atoms in total. The van der Waals surface area contributed by atoms with Crippen LogP contribution in [0.1, 0.15) is 26.7 Å². The van der Waals surface area contributed by atoms with Crippen LogP contribution < -0.4 is 10.6 Å². The third kappa shape index (κ3) is 5.63. The summed E-state index contributed by atoms with van der Waals surface area (Å²) >= 11 is 3.25. The molecule has 0 aliphatic heterocycles. The minimum absolute atomic E-state index is 0.0453. The molecule has 1 amide bonds. The highest BCUT2D eigenvalue weighted by Gasteiger charge is 2.05. The van der Waals surface area contributed by atoms with Crippen molar-refractivity contribution in [1.29, 1.82) is 0 Å². The molecule has 1 rings (SSSR count). The van der Waals surface area contributed by atoms with E-state index in [1.807, 2.05) is 13.8 Å². The first-order valence-electron chi connectivity index (χ1n) is 5.62. The normalized spacial score (nSPS) is 11.9. The van der Waals surface area contributed by atoms with Gasteiger partial charge in [-0.1, -0.05) is 6.92 Å². The van der Waals surface area contributed by atoms with Crippen LogP contribution in [0.4, 0.5) is 5.95 Å². The third-order valence-corrected chi connectivity index (χ3v) is 2.68. The Labute approximate surface area is 110 Å². The van der Waals surface area contributed by atoms with Crippen molar-refractivity contribution in [3.8, 4) is 0 Å². The minimum Gasteiger partial charge on any atom is -0.354 e. The van der Waals surface area contributed by atoms with Crippen LogP contribution in [0.2, 0.25) is 0 Å². The van der Waals surface area contributed by atoms with E-state index in [0.29, 0.717) is 18.9 Å². The van der Waals surface area contributed by atoms with E-state index in [0.717, 1.165) is 10.9 Å². The molecular weight excluding hydrogens is 284 g/mol. The Morgan fingerprint density at radius 3 is 2.71 bits per heavy atom. The Hall–Kier alpha value is -1.17. The standard InChI is InChI=1S/C11H17BrN4O/c1-3-8(2)16-10(17)4-5-13-11-14-6-9(12)7-15-11/h6-8H,3-5H2,1-2H3,(H,16,17)(H,13,14,15). The summed E-state index contributed by atoms with van der Waals surface area (Å²) in [5.74, 6) is 0.577. The maximum Gasteiger partial charge on any atom is 0.222 e. The summed E-state index contributed by atoms with van der Waals surface area (Å²) in [6.07, 6.45) is 4.68. The summed E-state index contributed by atoms with van der Waals surface area (Å²) in [4.78, 5) is 19.6. The van der Waals surface area contributed by atoms with Gasteiger partial charge in [-0.25, -0.2) is 9.97 Å². The van der Waals surface area contributed by atoms with Gasteiger partial charge < -0.3 is 10.6 Å². The van der Waals surface area contributed by atoms with Gasteiger partial charge in [0.1, 0.15) is 0 Å². The second-order valence-electron chi connectivity index (χ2n) is 3.78. The number of aromatic nitrogens is 2. The highest BCUT2D eigenvalue weighted by atomic mass is 79.9. The van der Waals surface area contributed by atoms with Gasteiger partial charge in [-0.05, 0) is 29.3 Å². The van der Waals surface area contributed by atoms with Crippen LogP contribution in [0.25, 0.3) is 0 Å². The van der Waals surface area contributed by atoms with Crippen LogP contribution in [0.3, 0.4) is 0 Å². The van der Waals surface area contributed by atoms with Crippen LogP contribution in [0, 0.1) is 0 Å². The number of hydrogen-bond donors (Lipinski definition) is 2. The zero-order chi connectivity index (χ0) is 12.7. The van der Waals surface area contributed by atoms with Crippen LogP contribution >= 0.6 is 15.9 Å². The maximum absolute atomic E-state index is 11.5. The molecule has 0 fully saturated rings. The number of amides is 1. The lowest BCUT2D eigenvalue weighted by Gasteiger charge is -2.11. The van der Waals surface area contributed by atoms with E-state index in [1.54, 1.807) is 12.4 Å². The molecule has 0 bridgehead atoms. The summed E-state index contributed by atoms with van der Waals surface area (Å²) in [5, 5.41) is 5.89. The predicted octanol–water partition coefficient (Wildman–Crippen LogP) is 1.96. The summed E-state index contributed by atoms with van der Waals surface area (Å²) in [6, 6.07) is 0.228. The molecule has 0 aliphatic carbocycles. The monoisotopic (exact) mass is 300 g/mol. The quantitative estimate of drug-likeness (QED) is 0.843. The predicted molar refractivity (Wildman–Crippen MR) is 70.7 cm³/mol. The zero-order valence-electron chi connectivity index (χ0n) is 10.0. The van der Waals surface area contributed by atoms with E-state index in [4.69, 9.17) is 0 Å². The molecule has 0 radical (unpaired) electrons. The Bertz CT molecular complexity index is 355. The molecule has 0 aliphatic rings. The fourth-order valence-corrected chi connectivity index (χ4v) is 1.35. The zero-order valence-corrected chi connectivity index (χ0v) is 11.6. The molecule has 1 aromatic rings. The largest absolute Gasteiger partial charge is 0.354 e. The first-order valence-corrected chi connectivity index (χ1v) is 6.42. The van der Waals surface area contributed by atoms with E-state index in [2.05, 4.69) is 36.5 Å². The first-order chi connectivity index (χ1) is 8.11. The van der Waals surface area contributed by atoms with Gasteiger partial charge in [0.25, 0.3) is 0 Å². The van der Waals surface area contributed by atoms with Crippen molar-refractivity contribution in [1.82, 2.24) is 15.3 Å². The van der Waals surface area contributed by atoms with Crippen LogP contribution in [-0.2, 0) is 4.79 Å². The molecule has 0 spiro atoms. The summed E-state index contributed by atoms with van der Waals surface area (Å²) in [6.45, 7) is 4.56. The lowest BCUT2D eigenvalue weighted by Crippen LogP contribution is -2.33. The Morgan fingerprint density at radius 2 is 2.12 bits per heavy atom. The van der Waals surface area contributed by atoms with Crippen molar-refractivity contribution in [2.75, 3.05) is 11.9 Å². The lowest BCUT2D eigenvalue weighted by atomic mass is 10.2. The number of nitrogens with one attached hydrogen (secondary N) is 2. The van der Waals surface area contributed by atoms with Crippen LogP contribution in [0.15, 0.2) is 16.9 Å². The second-order valence-corrected chi connectivity index (χ2v) is 4.69. The fraction of sp³-hybridized carbons (Fsp3) is 0.545. The third-order valence-electron chi connectivity index (χ3n) is 2.28. The van der Waals surface area contributed by atoms with Gasteiger partial charge in [-0.3, -0.25) is 4.79 Å². The van der Waals surface area contributed by atoms with E-state index in [-0.39, 0.29) is 11.9 Å². The average Bonchev–Trinajstić information content (AvgIpc) is 2.31. The summed E-state index contributed by atoms with van der Waals surface area (Å²) in [5.41, 5.74) is 0. The Balaban J connectivity index is 2.23. The van der Waals surface area contributed by atoms with E-state index < -0.39 is 0 Å². The molecule has 1 unspecified atom stereocenters. The Kier molecular flexibility index (Phi) is 5.90. The molecule has 1 aromatic heterocycles. The number of halogens is 1. The second kappa shape index (κ2) is 7.21. The van der Waals surface area contributed by atoms with Gasteiger partial charge >= 0.3 is 0 Å². The smallest absolute Gasteiger partial charge is 0.222 e. The molecule has 1 atom stereocenters. The topological polar surface area (TPSA) is 66.9 Å². The molecule has 94 valence electrons. The molecule has 6 heteroatoms. The molecule has 17 heavy (non-hydrogen) atoms. The van der Waals surface area contributed by atoms with Gasteiger partial charge in [-0.15, -0.1) is 0 Å². The number of hydrogen-bond acceptors (Lipinski definition) is 4. The van der Waals surface area contributed by atoms with E-state index in [1.165, 1.54) is 0 Å². The van der Waals surface area contributed by atoms with E-state index >= 15 is 0 Å². The number of carbonyl (C=O) groups excluding carboxylic acids is 1. The number of rotatable bonds is 6. The van der Waals surface area contributed by atoms with Gasteiger partial charge in [0.05, 0.1) is 4.47 Å². The summed E-state index contributed by atoms with van der Waals surface area (Å²) < 4.78 is 0.831. The molecular formula is C11H17BrN4O. The van der Waals surface area contributed by atoms with Gasteiger partial charge in [-0.2, -0.15) is 0 Å². The van der Waals surface area contributed by atoms with Crippen molar-refractivity contribution >= 4 is 27.8 Å². The van der Waals surface area contributed by atoms with Crippen molar-refractivity contribution < 1.29 is 4.79 Å². The van der Waals surface area contributed by atoms with Crippen molar-refractivity contribution in [3.05, 3.63) is 16.9 Å². The molecule has 0 saturated carbocycles. The SMILES string of the molecule is CCC(C)NC(=O)CCNc1ncc(Br)cn1. The number of carbonyl (C=O) groups is 1. The molecule has 1 heterocycles. The minimum atomic E-state index is 0.0453. The van der Waals surface area contributed by atoms with Crippen molar-refractivity contribution in [2.45, 2.75) is 32.7 Å². The number of anilines is 1. The van der Waals surface area contributed by atoms with Gasteiger partial charge in [0, 0.05) is 31.4 Å². The highest BCUT2D eigenvalue weighted by Crippen LogP contribution is 2.06. The van der Waals surface area contributed by atoms with Crippen LogP contribution in [-0.4, -0.2) is 28.5 Å². The van der Waals surface area contributed by atoms with E-state index in [9.17, 15) is 4.79 Å². The molecule has 2 N–H and O–H groups in total. The Morgan fingerprint density at radius 1 is 1.47 bits per heavy atom. The van der Waals surface area contributed by atoms with Gasteiger partial charge in [0.2, 0.25) is 11.9 Å². The maximum atomic E-state index is 11.5. The van der Waals surface area contributed by atoms with Crippen molar-refractivity contribution in [2.24, 2.45) is 0 Å². The lowest BCUT2D eigenvalue weighted by molar-refractivity contribution is -0.121. The molecule has 0 aromatic carbocycles. The fourth-order valence-electron chi connectivity index (χ4n) is 1.14. The summed E-state index contributed by atoms with van der Waals surface area (Å²) in [7, 11) is 0. The van der Waals surface area contributed by atoms with Crippen LogP contribution in [0.5, 0.6) is 0 Å². The molecule has 0 saturated heterocycles. The number of nitrogens with zero attached hydrogens (tertiary/aromatic N) is 2. The van der Waals surface area contributed by atoms with Crippen molar-refractivity contribution in [3.63, 3.8) is 0 Å². The highest BCUT2D eigenvalue weighted by molar-refractivity contribution is 9.10.